The van der Waals surface area contributed by atoms with E-state index in [0.29, 0.717) is 6.42 Å². The van der Waals surface area contributed by atoms with Crippen molar-refractivity contribution in [2.24, 2.45) is 0 Å². The van der Waals surface area contributed by atoms with Crippen LogP contribution in [0.4, 0.5) is 0 Å². The monoisotopic (exact) mass is 326 g/mol. The molecule has 1 saturated heterocycles. The highest BCUT2D eigenvalue weighted by molar-refractivity contribution is 5.85. The van der Waals surface area contributed by atoms with Gasteiger partial charge in [-0.25, -0.2) is 0 Å². The Morgan fingerprint density at radius 3 is 2.64 bits per heavy atom. The second kappa shape index (κ2) is 9.70. The average molecular weight is 327 g/mol. The Kier molecular flexibility index (Phi) is 8.28. The minimum atomic E-state index is 0. The molecular formula is C17H27ClN2O2. The van der Waals surface area contributed by atoms with Crippen molar-refractivity contribution in [3.63, 3.8) is 0 Å². The van der Waals surface area contributed by atoms with Gasteiger partial charge in [0.2, 0.25) is 5.91 Å². The first-order valence-corrected chi connectivity index (χ1v) is 7.84. The third-order valence-corrected chi connectivity index (χ3v) is 4.16. The molecule has 1 aliphatic heterocycles. The van der Waals surface area contributed by atoms with Gasteiger partial charge in [-0.05, 0) is 37.6 Å². The molecule has 1 aromatic rings. The fourth-order valence-corrected chi connectivity index (χ4v) is 2.96. The summed E-state index contributed by atoms with van der Waals surface area (Å²) in [6.07, 6.45) is 5.13. The highest BCUT2D eigenvalue weighted by Gasteiger charge is 2.26. The van der Waals surface area contributed by atoms with Gasteiger partial charge in [-0.3, -0.25) is 4.79 Å². The number of likely N-dealkylation sites (tertiary alicyclic amines) is 1. The molecule has 0 aromatic heterocycles. The maximum absolute atomic E-state index is 12.5. The molecule has 1 amide bonds. The van der Waals surface area contributed by atoms with Crippen LogP contribution in [0.1, 0.15) is 43.7 Å². The van der Waals surface area contributed by atoms with E-state index < -0.39 is 0 Å². The Hall–Kier alpha value is -1.26. The molecule has 1 aromatic carbocycles. The molecule has 1 heterocycles. The summed E-state index contributed by atoms with van der Waals surface area (Å²) in [5.41, 5.74) is 1.22. The number of carbonyl (C=O) groups excluding carboxylic acids is 1. The highest BCUT2D eigenvalue weighted by atomic mass is 35.5. The van der Waals surface area contributed by atoms with Crippen molar-refractivity contribution in [3.05, 3.63) is 29.8 Å². The lowest BCUT2D eigenvalue weighted by Gasteiger charge is -2.30. The molecular weight excluding hydrogens is 300 g/mol. The van der Waals surface area contributed by atoms with Gasteiger partial charge in [-0.15, -0.1) is 12.4 Å². The van der Waals surface area contributed by atoms with Crippen LogP contribution in [0.3, 0.4) is 0 Å². The number of ether oxygens (including phenoxy) is 1. The quantitative estimate of drug-likeness (QED) is 0.903. The molecule has 0 spiro atoms. The Labute approximate surface area is 139 Å². The third kappa shape index (κ3) is 4.89. The van der Waals surface area contributed by atoms with Crippen LogP contribution >= 0.6 is 12.4 Å². The lowest BCUT2D eigenvalue weighted by Crippen LogP contribution is -2.36. The summed E-state index contributed by atoms with van der Waals surface area (Å²) in [6, 6.07) is 8.36. The zero-order chi connectivity index (χ0) is 15.1. The molecule has 1 fully saturated rings. The van der Waals surface area contributed by atoms with Gasteiger partial charge in [-0.1, -0.05) is 25.0 Å². The van der Waals surface area contributed by atoms with Crippen LogP contribution in [-0.2, 0) is 4.79 Å². The summed E-state index contributed by atoms with van der Waals surface area (Å²) in [5.74, 6) is 1.12. The molecule has 1 unspecified atom stereocenters. The number of rotatable bonds is 5. The predicted molar refractivity (Wildman–Crippen MR) is 91.7 cm³/mol. The topological polar surface area (TPSA) is 41.6 Å². The summed E-state index contributed by atoms with van der Waals surface area (Å²) in [4.78, 5) is 14.6. The normalized spacial score (nSPS) is 18.3. The first kappa shape index (κ1) is 18.8. The number of methoxy groups -OCH3 is 1. The number of halogens is 1. The Morgan fingerprint density at radius 2 is 2.00 bits per heavy atom. The van der Waals surface area contributed by atoms with Gasteiger partial charge in [0, 0.05) is 19.5 Å². The number of nitrogens with zero attached hydrogens (tertiary/aromatic N) is 1. The maximum Gasteiger partial charge on any atom is 0.224 e. The van der Waals surface area contributed by atoms with E-state index in [0.717, 1.165) is 31.7 Å². The van der Waals surface area contributed by atoms with E-state index in [1.54, 1.807) is 7.11 Å². The van der Waals surface area contributed by atoms with Crippen molar-refractivity contribution in [1.82, 2.24) is 10.2 Å². The standard InChI is InChI=1S/C17H26N2O2.ClH/c1-18-12-11-17(20)19-13-5-3-4-6-16(19)14-7-9-15(21-2)10-8-14;/h7-10,16,18H,3-6,11-13H2,1-2H3;1H. The number of benzene rings is 1. The first-order chi connectivity index (χ1) is 10.3. The second-order valence-electron chi connectivity index (χ2n) is 5.58. The van der Waals surface area contributed by atoms with E-state index in [4.69, 9.17) is 4.74 Å². The lowest BCUT2D eigenvalue weighted by molar-refractivity contribution is -0.133. The van der Waals surface area contributed by atoms with E-state index in [1.807, 2.05) is 19.2 Å². The summed E-state index contributed by atoms with van der Waals surface area (Å²) >= 11 is 0. The van der Waals surface area contributed by atoms with Crippen molar-refractivity contribution >= 4 is 18.3 Å². The molecule has 1 N–H and O–H groups in total. The number of hydrogen-bond acceptors (Lipinski definition) is 3. The first-order valence-electron chi connectivity index (χ1n) is 7.84. The number of nitrogens with one attached hydrogen (secondary N) is 1. The summed E-state index contributed by atoms with van der Waals surface area (Å²) in [5, 5.41) is 3.06. The van der Waals surface area contributed by atoms with Gasteiger partial charge in [0.25, 0.3) is 0 Å². The molecule has 5 heteroatoms. The average Bonchev–Trinajstić information content (AvgIpc) is 2.78. The number of amides is 1. The summed E-state index contributed by atoms with van der Waals surface area (Å²) in [7, 11) is 3.56. The predicted octanol–water partition coefficient (Wildman–Crippen LogP) is 3.17. The van der Waals surface area contributed by atoms with Crippen molar-refractivity contribution < 1.29 is 9.53 Å². The Bertz CT molecular complexity index is 450. The highest BCUT2D eigenvalue weighted by Crippen LogP contribution is 2.31. The maximum atomic E-state index is 12.5. The summed E-state index contributed by atoms with van der Waals surface area (Å²) < 4.78 is 5.22. The second-order valence-corrected chi connectivity index (χ2v) is 5.58. The van der Waals surface area contributed by atoms with Crippen LogP contribution in [0.25, 0.3) is 0 Å². The van der Waals surface area contributed by atoms with E-state index >= 15 is 0 Å². The Balaban J connectivity index is 0.00000242. The van der Waals surface area contributed by atoms with Crippen LogP contribution in [0.2, 0.25) is 0 Å². The summed E-state index contributed by atoms with van der Waals surface area (Å²) in [6.45, 7) is 1.61. The zero-order valence-corrected chi connectivity index (χ0v) is 14.3. The smallest absolute Gasteiger partial charge is 0.224 e. The minimum absolute atomic E-state index is 0. The van der Waals surface area contributed by atoms with Gasteiger partial charge in [-0.2, -0.15) is 0 Å². The van der Waals surface area contributed by atoms with Crippen molar-refractivity contribution in [2.75, 3.05) is 27.2 Å². The lowest BCUT2D eigenvalue weighted by atomic mass is 10.0. The van der Waals surface area contributed by atoms with Crippen molar-refractivity contribution in [1.29, 1.82) is 0 Å². The fraction of sp³-hybridized carbons (Fsp3) is 0.588. The van der Waals surface area contributed by atoms with Crippen LogP contribution in [-0.4, -0.2) is 38.1 Å². The van der Waals surface area contributed by atoms with Gasteiger partial charge in [0.15, 0.2) is 0 Å². The van der Waals surface area contributed by atoms with E-state index in [1.165, 1.54) is 18.4 Å². The van der Waals surface area contributed by atoms with E-state index in [9.17, 15) is 4.79 Å². The molecule has 0 radical (unpaired) electrons. The molecule has 0 bridgehead atoms. The SMILES string of the molecule is CNCCC(=O)N1CCCCCC1c1ccc(OC)cc1.Cl. The van der Waals surface area contributed by atoms with Gasteiger partial charge >= 0.3 is 0 Å². The van der Waals surface area contributed by atoms with Crippen LogP contribution in [0.5, 0.6) is 5.75 Å². The largest absolute Gasteiger partial charge is 0.497 e. The molecule has 0 saturated carbocycles. The Morgan fingerprint density at radius 1 is 1.27 bits per heavy atom. The van der Waals surface area contributed by atoms with Crippen molar-refractivity contribution in [2.45, 2.75) is 38.1 Å². The molecule has 2 rings (SSSR count). The van der Waals surface area contributed by atoms with Crippen LogP contribution in [0, 0.1) is 0 Å². The molecule has 22 heavy (non-hydrogen) atoms. The molecule has 124 valence electrons. The van der Waals surface area contributed by atoms with Crippen LogP contribution < -0.4 is 10.1 Å². The van der Waals surface area contributed by atoms with Crippen molar-refractivity contribution in [3.8, 4) is 5.75 Å². The molecule has 1 aliphatic rings. The molecule has 4 nitrogen and oxygen atoms in total. The number of hydrogen-bond donors (Lipinski definition) is 1. The van der Waals surface area contributed by atoms with E-state index in [-0.39, 0.29) is 24.4 Å². The van der Waals surface area contributed by atoms with Crippen LogP contribution in [0.15, 0.2) is 24.3 Å². The third-order valence-electron chi connectivity index (χ3n) is 4.16. The minimum Gasteiger partial charge on any atom is -0.497 e. The molecule has 0 aliphatic carbocycles. The van der Waals surface area contributed by atoms with Gasteiger partial charge < -0.3 is 15.0 Å². The van der Waals surface area contributed by atoms with E-state index in [2.05, 4.69) is 22.3 Å². The number of carbonyl (C=O) groups is 1. The zero-order valence-electron chi connectivity index (χ0n) is 13.5. The fourth-order valence-electron chi connectivity index (χ4n) is 2.96. The van der Waals surface area contributed by atoms with Gasteiger partial charge in [0.05, 0.1) is 13.2 Å². The molecule has 1 atom stereocenters. The van der Waals surface area contributed by atoms with Gasteiger partial charge in [0.1, 0.15) is 5.75 Å².